The Morgan fingerprint density at radius 3 is 1.83 bits per heavy atom. The maximum Gasteiger partial charge on any atom is 0.290 e. The molecular formula is C8H19NO3. The molecule has 0 aliphatic heterocycles. The van der Waals surface area contributed by atoms with Gasteiger partial charge in [0.25, 0.3) is 6.47 Å². The van der Waals surface area contributed by atoms with Crippen molar-refractivity contribution in [3.05, 3.63) is 0 Å². The summed E-state index contributed by atoms with van der Waals surface area (Å²) >= 11 is 0. The quantitative estimate of drug-likeness (QED) is 0.549. The number of aliphatic hydroxyl groups is 1. The van der Waals surface area contributed by atoms with Gasteiger partial charge < -0.3 is 15.9 Å². The van der Waals surface area contributed by atoms with Gasteiger partial charge in [-0.15, -0.1) is 0 Å². The summed E-state index contributed by atoms with van der Waals surface area (Å²) in [6.07, 6.45) is 2.62. The third kappa shape index (κ3) is 7.50. The largest absolute Gasteiger partial charge is 0.483 e. The molecule has 4 heteroatoms. The number of carbonyl (C=O) groups is 1. The fraction of sp³-hybridized carbons (Fsp3) is 0.875. The monoisotopic (exact) mass is 177 g/mol. The second-order valence-electron chi connectivity index (χ2n) is 2.65. The van der Waals surface area contributed by atoms with Gasteiger partial charge in [0.1, 0.15) is 0 Å². The molecule has 0 saturated carbocycles. The standard InChI is InChI=1S/C7H17NO.CH2O2/c1-3-7(8,4-2)5-6-9;2-1-3/h9H,3-6,8H2,1-2H3;1H,(H,2,3). The Morgan fingerprint density at radius 1 is 1.42 bits per heavy atom. The van der Waals surface area contributed by atoms with Crippen LogP contribution in [-0.2, 0) is 4.79 Å². The molecule has 12 heavy (non-hydrogen) atoms. The second-order valence-corrected chi connectivity index (χ2v) is 2.65. The highest BCUT2D eigenvalue weighted by atomic mass is 16.3. The Labute approximate surface area is 73.4 Å². The van der Waals surface area contributed by atoms with E-state index < -0.39 is 0 Å². The SMILES string of the molecule is CCC(N)(CC)CCO.O=CO. The van der Waals surface area contributed by atoms with E-state index in [2.05, 4.69) is 13.8 Å². The van der Waals surface area contributed by atoms with Crippen molar-refractivity contribution < 1.29 is 15.0 Å². The molecule has 0 aromatic carbocycles. The van der Waals surface area contributed by atoms with Gasteiger partial charge in [0, 0.05) is 12.1 Å². The van der Waals surface area contributed by atoms with Gasteiger partial charge in [0.15, 0.2) is 0 Å². The van der Waals surface area contributed by atoms with Gasteiger partial charge in [0.05, 0.1) is 0 Å². The molecule has 0 heterocycles. The van der Waals surface area contributed by atoms with Crippen LogP contribution >= 0.6 is 0 Å². The lowest BCUT2D eigenvalue weighted by Gasteiger charge is -2.25. The summed E-state index contributed by atoms with van der Waals surface area (Å²) < 4.78 is 0. The van der Waals surface area contributed by atoms with Gasteiger partial charge in [-0.1, -0.05) is 13.8 Å². The molecule has 0 aromatic heterocycles. The molecule has 0 rings (SSSR count). The molecule has 0 saturated heterocycles. The molecule has 0 atom stereocenters. The molecule has 0 aromatic rings. The van der Waals surface area contributed by atoms with Crippen molar-refractivity contribution in [1.82, 2.24) is 0 Å². The van der Waals surface area contributed by atoms with E-state index in [1.807, 2.05) is 0 Å². The normalized spacial score (nSPS) is 10.0. The summed E-state index contributed by atoms with van der Waals surface area (Å²) in [6.45, 7) is 4.07. The minimum absolute atomic E-state index is 0.116. The lowest BCUT2D eigenvalue weighted by Crippen LogP contribution is -2.39. The fourth-order valence-corrected chi connectivity index (χ4v) is 0.826. The van der Waals surface area contributed by atoms with Crippen LogP contribution in [0.4, 0.5) is 0 Å². The number of hydrogen-bond acceptors (Lipinski definition) is 3. The third-order valence-electron chi connectivity index (χ3n) is 2.02. The van der Waals surface area contributed by atoms with Gasteiger partial charge in [-0.25, -0.2) is 0 Å². The molecule has 0 aliphatic rings. The van der Waals surface area contributed by atoms with Crippen LogP contribution in [0.5, 0.6) is 0 Å². The van der Waals surface area contributed by atoms with Gasteiger partial charge in [-0.3, -0.25) is 4.79 Å². The second kappa shape index (κ2) is 8.49. The summed E-state index contributed by atoms with van der Waals surface area (Å²) in [5.41, 5.74) is 5.73. The topological polar surface area (TPSA) is 83.5 Å². The highest BCUT2D eigenvalue weighted by molar-refractivity contribution is 5.32. The van der Waals surface area contributed by atoms with E-state index >= 15 is 0 Å². The van der Waals surface area contributed by atoms with Crippen LogP contribution in [-0.4, -0.2) is 28.8 Å². The summed E-state index contributed by atoms with van der Waals surface area (Å²) in [6, 6.07) is 0. The molecule has 0 radical (unpaired) electrons. The Hall–Kier alpha value is -0.610. The molecule has 4 nitrogen and oxygen atoms in total. The van der Waals surface area contributed by atoms with Gasteiger partial charge in [-0.2, -0.15) is 0 Å². The Morgan fingerprint density at radius 2 is 1.75 bits per heavy atom. The van der Waals surface area contributed by atoms with E-state index in [9.17, 15) is 0 Å². The van der Waals surface area contributed by atoms with Crippen LogP contribution in [0, 0.1) is 0 Å². The lowest BCUT2D eigenvalue weighted by atomic mass is 9.91. The minimum atomic E-state index is -0.250. The van der Waals surface area contributed by atoms with Crippen LogP contribution in [0.15, 0.2) is 0 Å². The van der Waals surface area contributed by atoms with Crippen LogP contribution in [0.3, 0.4) is 0 Å². The Bertz CT molecular complexity index is 102. The van der Waals surface area contributed by atoms with Gasteiger partial charge in [0.2, 0.25) is 0 Å². The van der Waals surface area contributed by atoms with E-state index in [0.29, 0.717) is 0 Å². The summed E-state index contributed by atoms with van der Waals surface area (Å²) in [5, 5.41) is 15.5. The Kier molecular flexibility index (Phi) is 9.86. The average molecular weight is 177 g/mol. The van der Waals surface area contributed by atoms with Gasteiger partial charge >= 0.3 is 0 Å². The first-order valence-corrected chi connectivity index (χ1v) is 4.07. The van der Waals surface area contributed by atoms with Crippen molar-refractivity contribution in [3.8, 4) is 0 Å². The fourth-order valence-electron chi connectivity index (χ4n) is 0.826. The highest BCUT2D eigenvalue weighted by Crippen LogP contribution is 2.14. The van der Waals surface area contributed by atoms with Crippen molar-refractivity contribution in [2.24, 2.45) is 5.73 Å². The first-order chi connectivity index (χ1) is 5.60. The number of rotatable bonds is 4. The van der Waals surface area contributed by atoms with Crippen LogP contribution in [0.25, 0.3) is 0 Å². The molecule has 0 unspecified atom stereocenters. The van der Waals surface area contributed by atoms with Crippen LogP contribution in [0.1, 0.15) is 33.1 Å². The van der Waals surface area contributed by atoms with E-state index in [4.69, 9.17) is 20.7 Å². The molecule has 74 valence electrons. The smallest absolute Gasteiger partial charge is 0.290 e. The first-order valence-electron chi connectivity index (χ1n) is 4.07. The van der Waals surface area contributed by atoms with E-state index in [0.717, 1.165) is 19.3 Å². The summed E-state index contributed by atoms with van der Waals surface area (Å²) in [5.74, 6) is 0. The summed E-state index contributed by atoms with van der Waals surface area (Å²) in [4.78, 5) is 8.36. The maximum atomic E-state index is 8.58. The third-order valence-corrected chi connectivity index (χ3v) is 2.02. The predicted octanol–water partition coefficient (Wildman–Crippen LogP) is 0.587. The number of aliphatic hydroxyl groups excluding tert-OH is 1. The zero-order valence-electron chi connectivity index (χ0n) is 7.79. The molecular weight excluding hydrogens is 158 g/mol. The van der Waals surface area contributed by atoms with Crippen LogP contribution in [0.2, 0.25) is 0 Å². The molecule has 0 bridgehead atoms. The summed E-state index contributed by atoms with van der Waals surface area (Å²) in [7, 11) is 0. The van der Waals surface area contributed by atoms with Crippen molar-refractivity contribution in [2.75, 3.05) is 6.61 Å². The molecule has 0 amide bonds. The molecule has 0 spiro atoms. The number of nitrogens with two attached hydrogens (primary N) is 1. The molecule has 0 fully saturated rings. The van der Waals surface area contributed by atoms with Crippen molar-refractivity contribution in [1.29, 1.82) is 0 Å². The Balaban J connectivity index is 0. The van der Waals surface area contributed by atoms with Crippen LogP contribution < -0.4 is 5.73 Å². The van der Waals surface area contributed by atoms with E-state index in [1.165, 1.54) is 0 Å². The zero-order valence-corrected chi connectivity index (χ0v) is 7.79. The average Bonchev–Trinajstić information content (AvgIpc) is 2.06. The molecule has 0 aliphatic carbocycles. The van der Waals surface area contributed by atoms with Crippen molar-refractivity contribution >= 4 is 6.47 Å². The lowest BCUT2D eigenvalue weighted by molar-refractivity contribution is -0.122. The zero-order chi connectivity index (χ0) is 10.0. The highest BCUT2D eigenvalue weighted by Gasteiger charge is 2.18. The first kappa shape index (κ1) is 13.9. The van der Waals surface area contributed by atoms with E-state index in [-0.39, 0.29) is 18.6 Å². The number of hydrogen-bond donors (Lipinski definition) is 3. The van der Waals surface area contributed by atoms with E-state index in [1.54, 1.807) is 0 Å². The van der Waals surface area contributed by atoms with Crippen molar-refractivity contribution in [2.45, 2.75) is 38.6 Å². The molecule has 4 N–H and O–H groups in total. The van der Waals surface area contributed by atoms with Gasteiger partial charge in [-0.05, 0) is 19.3 Å². The number of carboxylic acid groups (broad SMARTS) is 1. The van der Waals surface area contributed by atoms with Crippen molar-refractivity contribution in [3.63, 3.8) is 0 Å². The predicted molar refractivity (Wildman–Crippen MR) is 47.9 cm³/mol. The maximum absolute atomic E-state index is 8.58. The minimum Gasteiger partial charge on any atom is -0.483 e.